The Morgan fingerprint density at radius 1 is 1.19 bits per heavy atom. The molecule has 0 saturated carbocycles. The summed E-state index contributed by atoms with van der Waals surface area (Å²) in [5.74, 6) is -1.30. The normalized spacial score (nSPS) is 10.9. The fourth-order valence-corrected chi connectivity index (χ4v) is 2.19. The summed E-state index contributed by atoms with van der Waals surface area (Å²) < 4.78 is 10.8. The van der Waals surface area contributed by atoms with E-state index in [1.807, 2.05) is 0 Å². The van der Waals surface area contributed by atoms with Crippen LogP contribution in [0.2, 0.25) is 0 Å². The Hall–Kier alpha value is -2.87. The minimum absolute atomic E-state index is 0.0582. The van der Waals surface area contributed by atoms with Gasteiger partial charge in [0, 0.05) is 16.1 Å². The van der Waals surface area contributed by atoms with Crippen molar-refractivity contribution >= 4 is 39.8 Å². The summed E-state index contributed by atoms with van der Waals surface area (Å²) in [5, 5.41) is 4.93. The molecule has 8 heteroatoms. The molecule has 0 aliphatic heterocycles. The van der Waals surface area contributed by atoms with Crippen LogP contribution in [0.25, 0.3) is 6.08 Å². The van der Waals surface area contributed by atoms with Gasteiger partial charge in [0.2, 0.25) is 0 Å². The average molecular weight is 421 g/mol. The second-order valence-corrected chi connectivity index (χ2v) is 5.94. The van der Waals surface area contributed by atoms with Crippen LogP contribution in [0.3, 0.4) is 0 Å². The van der Waals surface area contributed by atoms with E-state index < -0.39 is 17.8 Å². The quantitative estimate of drug-likeness (QED) is 0.529. The molecule has 2 amide bonds. The Balaban J connectivity index is 2.13. The molecule has 2 rings (SSSR count). The van der Waals surface area contributed by atoms with Crippen molar-refractivity contribution in [3.05, 3.63) is 64.2 Å². The number of benzene rings is 1. The lowest BCUT2D eigenvalue weighted by Crippen LogP contribution is -2.37. The molecule has 0 bridgehead atoms. The third-order valence-corrected chi connectivity index (χ3v) is 3.66. The molecule has 26 heavy (non-hydrogen) atoms. The van der Waals surface area contributed by atoms with Crippen LogP contribution in [0.1, 0.15) is 23.0 Å². The largest absolute Gasteiger partial charge is 0.465 e. The topological polar surface area (TPSA) is 97.6 Å². The number of carbonyl (C=O) groups excluding carboxylic acids is 3. The fraction of sp³-hybridized carbons (Fsp3) is 0.167. The van der Waals surface area contributed by atoms with Gasteiger partial charge in [-0.2, -0.15) is 0 Å². The van der Waals surface area contributed by atoms with Crippen molar-refractivity contribution in [3.8, 4) is 0 Å². The summed E-state index contributed by atoms with van der Waals surface area (Å²) in [6.45, 7) is 1.57. The number of ether oxygens (including phenoxy) is 1. The monoisotopic (exact) mass is 420 g/mol. The van der Waals surface area contributed by atoms with Crippen LogP contribution < -0.4 is 10.6 Å². The Kier molecular flexibility index (Phi) is 7.16. The number of hydrogen-bond acceptors (Lipinski definition) is 5. The molecule has 2 aromatic rings. The standard InChI is InChI=1S/C18H17BrN2O5/c1-2-25-16(22)11-20-18(24)15(10-14-4-3-9-26-14)21-17(23)12-5-7-13(19)8-6-12/h3-10H,2,11H2,1H3,(H,20,24)(H,21,23). The molecule has 0 saturated heterocycles. The molecule has 2 N–H and O–H groups in total. The Morgan fingerprint density at radius 3 is 2.54 bits per heavy atom. The third-order valence-electron chi connectivity index (χ3n) is 3.13. The number of hydrogen-bond donors (Lipinski definition) is 2. The summed E-state index contributed by atoms with van der Waals surface area (Å²) in [7, 11) is 0. The summed E-state index contributed by atoms with van der Waals surface area (Å²) in [5.41, 5.74) is 0.314. The maximum atomic E-state index is 12.4. The predicted octanol–water partition coefficient (Wildman–Crippen LogP) is 2.49. The van der Waals surface area contributed by atoms with Gasteiger partial charge in [0.1, 0.15) is 18.0 Å². The number of furan rings is 1. The Labute approximate surface area is 158 Å². The maximum absolute atomic E-state index is 12.4. The predicted molar refractivity (Wildman–Crippen MR) is 97.9 cm³/mol. The van der Waals surface area contributed by atoms with Crippen molar-refractivity contribution in [3.63, 3.8) is 0 Å². The summed E-state index contributed by atoms with van der Waals surface area (Å²) in [6.07, 6.45) is 2.81. The zero-order valence-corrected chi connectivity index (χ0v) is 15.5. The second kappa shape index (κ2) is 9.57. The molecule has 0 fully saturated rings. The summed E-state index contributed by atoms with van der Waals surface area (Å²) in [6, 6.07) is 9.93. The molecule has 0 atom stereocenters. The highest BCUT2D eigenvalue weighted by Gasteiger charge is 2.16. The second-order valence-electron chi connectivity index (χ2n) is 5.02. The van der Waals surface area contributed by atoms with Crippen LogP contribution in [0, 0.1) is 0 Å². The highest BCUT2D eigenvalue weighted by Crippen LogP contribution is 2.12. The fourth-order valence-electron chi connectivity index (χ4n) is 1.93. The van der Waals surface area contributed by atoms with E-state index in [4.69, 9.17) is 9.15 Å². The van der Waals surface area contributed by atoms with Gasteiger partial charge in [-0.05, 0) is 43.3 Å². The first kappa shape index (κ1) is 19.5. The molecular formula is C18H17BrN2O5. The van der Waals surface area contributed by atoms with E-state index in [9.17, 15) is 14.4 Å². The van der Waals surface area contributed by atoms with Crippen LogP contribution in [0.5, 0.6) is 0 Å². The molecular weight excluding hydrogens is 404 g/mol. The lowest BCUT2D eigenvalue weighted by atomic mass is 10.2. The van der Waals surface area contributed by atoms with Crippen molar-refractivity contribution in [1.29, 1.82) is 0 Å². The van der Waals surface area contributed by atoms with Gasteiger partial charge in [-0.25, -0.2) is 0 Å². The van der Waals surface area contributed by atoms with Gasteiger partial charge in [-0.1, -0.05) is 15.9 Å². The van der Waals surface area contributed by atoms with E-state index in [0.717, 1.165) is 4.47 Å². The molecule has 1 aromatic heterocycles. The van der Waals surface area contributed by atoms with Crippen LogP contribution >= 0.6 is 15.9 Å². The molecule has 0 unspecified atom stereocenters. The number of carbonyl (C=O) groups is 3. The Morgan fingerprint density at radius 2 is 1.92 bits per heavy atom. The van der Waals surface area contributed by atoms with Crippen LogP contribution in [0.4, 0.5) is 0 Å². The highest BCUT2D eigenvalue weighted by molar-refractivity contribution is 9.10. The zero-order valence-electron chi connectivity index (χ0n) is 14.0. The van der Waals surface area contributed by atoms with Crippen molar-refractivity contribution in [1.82, 2.24) is 10.6 Å². The lowest BCUT2D eigenvalue weighted by molar-refractivity contribution is -0.143. The van der Waals surface area contributed by atoms with E-state index in [1.165, 1.54) is 12.3 Å². The first-order valence-corrected chi connectivity index (χ1v) is 8.55. The molecule has 1 aromatic carbocycles. The highest BCUT2D eigenvalue weighted by atomic mass is 79.9. The van der Waals surface area contributed by atoms with Crippen LogP contribution in [-0.2, 0) is 14.3 Å². The van der Waals surface area contributed by atoms with Crippen molar-refractivity contribution in [2.45, 2.75) is 6.92 Å². The van der Waals surface area contributed by atoms with Crippen LogP contribution in [0.15, 0.2) is 57.2 Å². The van der Waals surface area contributed by atoms with Gasteiger partial charge in [-0.15, -0.1) is 0 Å². The first-order valence-electron chi connectivity index (χ1n) is 7.75. The molecule has 1 heterocycles. The van der Waals surface area contributed by atoms with Gasteiger partial charge in [0.15, 0.2) is 0 Å². The molecule has 0 radical (unpaired) electrons. The SMILES string of the molecule is CCOC(=O)CNC(=O)C(=Cc1ccco1)NC(=O)c1ccc(Br)cc1. The van der Waals surface area contributed by atoms with Gasteiger partial charge in [0.25, 0.3) is 11.8 Å². The molecule has 0 aliphatic carbocycles. The van der Waals surface area contributed by atoms with E-state index in [1.54, 1.807) is 43.3 Å². The maximum Gasteiger partial charge on any atom is 0.325 e. The van der Waals surface area contributed by atoms with Gasteiger partial charge in [-0.3, -0.25) is 14.4 Å². The number of halogens is 1. The van der Waals surface area contributed by atoms with E-state index in [-0.39, 0.29) is 18.8 Å². The summed E-state index contributed by atoms with van der Waals surface area (Å²) >= 11 is 3.29. The number of nitrogens with one attached hydrogen (secondary N) is 2. The number of rotatable bonds is 7. The van der Waals surface area contributed by atoms with Crippen LogP contribution in [-0.4, -0.2) is 30.9 Å². The van der Waals surface area contributed by atoms with Gasteiger partial charge < -0.3 is 19.8 Å². The van der Waals surface area contributed by atoms with E-state index in [2.05, 4.69) is 26.6 Å². The van der Waals surface area contributed by atoms with Crippen molar-refractivity contribution in [2.75, 3.05) is 13.2 Å². The van der Waals surface area contributed by atoms with Crippen molar-refractivity contribution < 1.29 is 23.5 Å². The van der Waals surface area contributed by atoms with Crippen molar-refractivity contribution in [2.24, 2.45) is 0 Å². The van der Waals surface area contributed by atoms with Gasteiger partial charge in [0.05, 0.1) is 12.9 Å². The lowest BCUT2D eigenvalue weighted by Gasteiger charge is -2.10. The average Bonchev–Trinajstić information content (AvgIpc) is 3.13. The van der Waals surface area contributed by atoms with E-state index >= 15 is 0 Å². The minimum Gasteiger partial charge on any atom is -0.465 e. The smallest absolute Gasteiger partial charge is 0.325 e. The molecule has 0 aliphatic rings. The number of amides is 2. The third kappa shape index (κ3) is 5.89. The van der Waals surface area contributed by atoms with Gasteiger partial charge >= 0.3 is 5.97 Å². The minimum atomic E-state index is -0.639. The zero-order chi connectivity index (χ0) is 18.9. The first-order chi connectivity index (χ1) is 12.5. The van der Waals surface area contributed by atoms with E-state index in [0.29, 0.717) is 11.3 Å². The molecule has 0 spiro atoms. The summed E-state index contributed by atoms with van der Waals surface area (Å²) in [4.78, 5) is 36.1. The molecule has 7 nitrogen and oxygen atoms in total. The molecule has 136 valence electrons. The Bertz CT molecular complexity index is 797. The number of esters is 1.